The van der Waals surface area contributed by atoms with Crippen molar-refractivity contribution in [3.63, 3.8) is 0 Å². The SMILES string of the molecule is O=[N+]([O-])C[C@@H](c1cc(Cl)c(OCc2ccccc2Cl)c(Cl)c1)c1c[nH]c2ccccc12. The molecule has 31 heavy (non-hydrogen) atoms. The van der Waals surface area contributed by atoms with E-state index in [-0.39, 0.29) is 28.1 Å². The predicted molar refractivity (Wildman–Crippen MR) is 124 cm³/mol. The van der Waals surface area contributed by atoms with Crippen LogP contribution in [-0.2, 0) is 6.61 Å². The number of nitro groups is 1. The highest BCUT2D eigenvalue weighted by Gasteiger charge is 2.25. The van der Waals surface area contributed by atoms with Gasteiger partial charge in [0.05, 0.1) is 16.0 Å². The van der Waals surface area contributed by atoms with E-state index in [0.717, 1.165) is 22.0 Å². The summed E-state index contributed by atoms with van der Waals surface area (Å²) < 4.78 is 5.82. The van der Waals surface area contributed by atoms with E-state index in [1.54, 1.807) is 24.4 Å². The molecule has 0 saturated carbocycles. The lowest BCUT2D eigenvalue weighted by Gasteiger charge is -2.17. The van der Waals surface area contributed by atoms with Crippen LogP contribution in [0.3, 0.4) is 0 Å². The van der Waals surface area contributed by atoms with Gasteiger partial charge in [-0.05, 0) is 35.4 Å². The maximum atomic E-state index is 11.4. The zero-order valence-corrected chi connectivity index (χ0v) is 18.4. The highest BCUT2D eigenvalue weighted by Crippen LogP contribution is 2.40. The van der Waals surface area contributed by atoms with Crippen LogP contribution in [0.1, 0.15) is 22.6 Å². The Kier molecular flexibility index (Phi) is 6.37. The number of halogens is 3. The Bertz CT molecular complexity index is 1230. The fourth-order valence-electron chi connectivity index (χ4n) is 3.60. The normalized spacial score (nSPS) is 12.1. The summed E-state index contributed by atoms with van der Waals surface area (Å²) in [4.78, 5) is 14.3. The van der Waals surface area contributed by atoms with Crippen LogP contribution < -0.4 is 4.74 Å². The first-order valence-electron chi connectivity index (χ1n) is 9.47. The molecule has 5 nitrogen and oxygen atoms in total. The number of fused-ring (bicyclic) bond motifs is 1. The number of rotatable bonds is 7. The number of hydrogen-bond acceptors (Lipinski definition) is 3. The van der Waals surface area contributed by atoms with Crippen LogP contribution in [0.25, 0.3) is 10.9 Å². The lowest BCUT2D eigenvalue weighted by atomic mass is 9.91. The predicted octanol–water partition coefficient (Wildman–Crippen LogP) is 7.12. The van der Waals surface area contributed by atoms with Crippen LogP contribution in [0.15, 0.2) is 66.9 Å². The minimum Gasteiger partial charge on any atom is -0.486 e. The Labute approximate surface area is 193 Å². The highest BCUT2D eigenvalue weighted by molar-refractivity contribution is 6.37. The number of nitrogens with zero attached hydrogens (tertiary/aromatic N) is 1. The maximum Gasteiger partial charge on any atom is 0.214 e. The third-order valence-electron chi connectivity index (χ3n) is 5.08. The van der Waals surface area contributed by atoms with Gasteiger partial charge >= 0.3 is 0 Å². The first-order valence-corrected chi connectivity index (χ1v) is 10.6. The van der Waals surface area contributed by atoms with E-state index in [2.05, 4.69) is 4.98 Å². The Morgan fingerprint density at radius 1 is 0.968 bits per heavy atom. The minimum atomic E-state index is -0.529. The van der Waals surface area contributed by atoms with Gasteiger partial charge in [0.1, 0.15) is 6.61 Å². The molecule has 0 unspecified atom stereocenters. The molecule has 0 amide bonds. The summed E-state index contributed by atoms with van der Waals surface area (Å²) in [5, 5.41) is 13.5. The number of aromatic nitrogens is 1. The second kappa shape index (κ2) is 9.18. The third-order valence-corrected chi connectivity index (χ3v) is 6.01. The van der Waals surface area contributed by atoms with E-state index in [4.69, 9.17) is 39.5 Å². The summed E-state index contributed by atoms with van der Waals surface area (Å²) in [6, 6.07) is 18.3. The molecule has 4 aromatic rings. The largest absolute Gasteiger partial charge is 0.486 e. The van der Waals surface area contributed by atoms with Crippen molar-refractivity contribution in [2.45, 2.75) is 12.5 Å². The molecule has 8 heteroatoms. The smallest absolute Gasteiger partial charge is 0.214 e. The van der Waals surface area contributed by atoms with E-state index in [1.165, 1.54) is 0 Å². The summed E-state index contributed by atoms with van der Waals surface area (Å²) in [7, 11) is 0. The molecule has 0 aliphatic carbocycles. The standard InChI is InChI=1S/C23H17Cl3N2O3/c24-19-7-3-1-5-14(19)13-31-23-20(25)9-15(10-21(23)26)18(12-28(29)30)17-11-27-22-8-4-2-6-16(17)22/h1-11,18,27H,12-13H2/t18-/m0/s1. The van der Waals surface area contributed by atoms with Crippen LogP contribution >= 0.6 is 34.8 Å². The van der Waals surface area contributed by atoms with Gasteiger partial charge in [-0.2, -0.15) is 0 Å². The maximum absolute atomic E-state index is 11.4. The number of hydrogen-bond donors (Lipinski definition) is 1. The summed E-state index contributed by atoms with van der Waals surface area (Å²) in [5.74, 6) is -0.218. The van der Waals surface area contributed by atoms with Gasteiger partial charge in [0.2, 0.25) is 6.54 Å². The molecule has 1 atom stereocenters. The van der Waals surface area contributed by atoms with Crippen molar-refractivity contribution >= 4 is 45.7 Å². The number of aromatic amines is 1. The number of nitrogens with one attached hydrogen (secondary N) is 1. The summed E-state index contributed by atoms with van der Waals surface area (Å²) >= 11 is 19.1. The van der Waals surface area contributed by atoms with Crippen molar-refractivity contribution in [2.75, 3.05) is 6.54 Å². The Balaban J connectivity index is 1.68. The summed E-state index contributed by atoms with van der Waals surface area (Å²) in [6.45, 7) is -0.104. The summed E-state index contributed by atoms with van der Waals surface area (Å²) in [5.41, 5.74) is 3.15. The molecule has 158 valence electrons. The Morgan fingerprint density at radius 3 is 2.35 bits per heavy atom. The molecule has 0 spiro atoms. The minimum absolute atomic E-state index is 0.194. The molecular weight excluding hydrogens is 459 g/mol. The molecule has 0 aliphatic rings. The second-order valence-corrected chi connectivity index (χ2v) is 8.27. The van der Waals surface area contributed by atoms with Crippen LogP contribution in [0.4, 0.5) is 0 Å². The molecule has 0 saturated heterocycles. The Hall–Kier alpha value is -2.73. The van der Waals surface area contributed by atoms with E-state index < -0.39 is 5.92 Å². The summed E-state index contributed by atoms with van der Waals surface area (Å²) in [6.07, 6.45) is 1.79. The number of benzene rings is 3. The van der Waals surface area contributed by atoms with E-state index in [9.17, 15) is 10.1 Å². The average Bonchev–Trinajstić information content (AvgIpc) is 3.16. The van der Waals surface area contributed by atoms with Crippen molar-refractivity contribution in [1.29, 1.82) is 0 Å². The van der Waals surface area contributed by atoms with Gasteiger partial charge in [0, 0.05) is 32.6 Å². The highest BCUT2D eigenvalue weighted by atomic mass is 35.5. The molecule has 1 N–H and O–H groups in total. The molecule has 0 bridgehead atoms. The van der Waals surface area contributed by atoms with Crippen molar-refractivity contribution < 1.29 is 9.66 Å². The first kappa shape index (κ1) is 21.5. The van der Waals surface area contributed by atoms with Crippen molar-refractivity contribution in [2.24, 2.45) is 0 Å². The van der Waals surface area contributed by atoms with Crippen LogP contribution in [-0.4, -0.2) is 16.5 Å². The average molecular weight is 476 g/mol. The molecule has 0 aliphatic heterocycles. The topological polar surface area (TPSA) is 68.2 Å². The molecule has 1 heterocycles. The molecule has 1 aromatic heterocycles. The van der Waals surface area contributed by atoms with E-state index >= 15 is 0 Å². The van der Waals surface area contributed by atoms with Gasteiger partial charge in [-0.1, -0.05) is 71.2 Å². The monoisotopic (exact) mass is 474 g/mol. The van der Waals surface area contributed by atoms with E-state index in [0.29, 0.717) is 16.3 Å². The van der Waals surface area contributed by atoms with Crippen molar-refractivity contribution in [1.82, 2.24) is 4.98 Å². The zero-order chi connectivity index (χ0) is 22.0. The second-order valence-electron chi connectivity index (χ2n) is 7.05. The zero-order valence-electron chi connectivity index (χ0n) is 16.1. The van der Waals surface area contributed by atoms with Crippen LogP contribution in [0.2, 0.25) is 15.1 Å². The molecule has 0 fully saturated rings. The first-order chi connectivity index (χ1) is 14.9. The molecule has 0 radical (unpaired) electrons. The van der Waals surface area contributed by atoms with Crippen LogP contribution in [0.5, 0.6) is 5.75 Å². The van der Waals surface area contributed by atoms with Gasteiger partial charge in [0.25, 0.3) is 0 Å². The molecule has 3 aromatic carbocycles. The molecule has 4 rings (SSSR count). The van der Waals surface area contributed by atoms with Crippen molar-refractivity contribution in [3.05, 3.63) is 109 Å². The van der Waals surface area contributed by atoms with Crippen LogP contribution in [0, 0.1) is 10.1 Å². The van der Waals surface area contributed by atoms with Gasteiger partial charge in [-0.3, -0.25) is 10.1 Å². The van der Waals surface area contributed by atoms with Gasteiger partial charge in [-0.15, -0.1) is 0 Å². The lowest BCUT2D eigenvalue weighted by Crippen LogP contribution is -2.14. The fraction of sp³-hybridized carbons (Fsp3) is 0.130. The number of ether oxygens (including phenoxy) is 1. The number of H-pyrrole nitrogens is 1. The van der Waals surface area contributed by atoms with Gasteiger partial charge in [-0.25, -0.2) is 0 Å². The Morgan fingerprint density at radius 2 is 1.65 bits per heavy atom. The van der Waals surface area contributed by atoms with Crippen molar-refractivity contribution in [3.8, 4) is 5.75 Å². The number of para-hydroxylation sites is 1. The van der Waals surface area contributed by atoms with E-state index in [1.807, 2.05) is 42.5 Å². The fourth-order valence-corrected chi connectivity index (χ4v) is 4.40. The lowest BCUT2D eigenvalue weighted by molar-refractivity contribution is -0.481. The quantitative estimate of drug-likeness (QED) is 0.229. The van der Waals surface area contributed by atoms with Gasteiger partial charge in [0.15, 0.2) is 5.75 Å². The third kappa shape index (κ3) is 4.64. The molecular formula is C23H17Cl3N2O3. The van der Waals surface area contributed by atoms with Gasteiger partial charge < -0.3 is 9.72 Å².